The van der Waals surface area contributed by atoms with E-state index in [2.05, 4.69) is 55.8 Å². The van der Waals surface area contributed by atoms with E-state index in [0.717, 1.165) is 47.5 Å². The number of benzene rings is 1. The van der Waals surface area contributed by atoms with E-state index in [9.17, 15) is 0 Å². The van der Waals surface area contributed by atoms with Crippen LogP contribution in [0.1, 0.15) is 18.4 Å². The Morgan fingerprint density at radius 2 is 2.10 bits per heavy atom. The summed E-state index contributed by atoms with van der Waals surface area (Å²) < 4.78 is 1.08. The molecule has 1 aromatic heterocycles. The lowest BCUT2D eigenvalue weighted by molar-refractivity contribution is 0.478. The first-order valence-corrected chi connectivity index (χ1v) is 7.81. The van der Waals surface area contributed by atoms with Crippen molar-refractivity contribution >= 4 is 21.7 Å². The van der Waals surface area contributed by atoms with Gasteiger partial charge in [-0.25, -0.2) is 0 Å². The highest BCUT2D eigenvalue weighted by molar-refractivity contribution is 9.10. The molecule has 0 atom stereocenters. The number of nitrogens with one attached hydrogen (secondary N) is 3. The molecule has 1 aliphatic rings. The van der Waals surface area contributed by atoms with Crippen LogP contribution in [0.15, 0.2) is 28.7 Å². The van der Waals surface area contributed by atoms with Crippen molar-refractivity contribution in [3.8, 4) is 11.3 Å². The van der Waals surface area contributed by atoms with Crippen molar-refractivity contribution < 1.29 is 0 Å². The summed E-state index contributed by atoms with van der Waals surface area (Å²) in [5.74, 6) is 0.979. The lowest BCUT2D eigenvalue weighted by Crippen LogP contribution is -2.35. The maximum atomic E-state index is 4.44. The summed E-state index contributed by atoms with van der Waals surface area (Å²) in [7, 11) is 0. The predicted octanol–water partition coefficient (Wildman–Crippen LogP) is 3.31. The largest absolute Gasteiger partial charge is 0.366 e. The van der Waals surface area contributed by atoms with E-state index in [1.807, 2.05) is 12.1 Å². The van der Waals surface area contributed by atoms with Gasteiger partial charge in [0, 0.05) is 21.6 Å². The van der Waals surface area contributed by atoms with Crippen LogP contribution in [0.3, 0.4) is 0 Å². The van der Waals surface area contributed by atoms with Crippen LogP contribution in [0.5, 0.6) is 0 Å². The maximum Gasteiger partial charge on any atom is 0.151 e. The SMILES string of the molecule is Cc1c(NC2CCNCC2)n[nH]c1-c1cccc(Br)c1. The molecule has 2 heterocycles. The molecule has 1 fully saturated rings. The highest BCUT2D eigenvalue weighted by Crippen LogP contribution is 2.28. The smallest absolute Gasteiger partial charge is 0.151 e. The predicted molar refractivity (Wildman–Crippen MR) is 86.0 cm³/mol. The summed E-state index contributed by atoms with van der Waals surface area (Å²) in [4.78, 5) is 0. The summed E-state index contributed by atoms with van der Waals surface area (Å²) in [5, 5.41) is 14.5. The molecule has 0 radical (unpaired) electrons. The lowest BCUT2D eigenvalue weighted by Gasteiger charge is -2.23. The second-order valence-corrected chi connectivity index (χ2v) is 6.17. The zero-order chi connectivity index (χ0) is 13.9. The van der Waals surface area contributed by atoms with Gasteiger partial charge in [-0.05, 0) is 45.0 Å². The minimum absolute atomic E-state index is 0.522. The number of hydrogen-bond donors (Lipinski definition) is 3. The molecule has 0 spiro atoms. The Bertz CT molecular complexity index is 587. The molecule has 0 aliphatic carbocycles. The van der Waals surface area contributed by atoms with E-state index < -0.39 is 0 Å². The Hall–Kier alpha value is -1.33. The van der Waals surface area contributed by atoms with Crippen molar-refractivity contribution in [2.75, 3.05) is 18.4 Å². The summed E-state index contributed by atoms with van der Waals surface area (Å²) in [6, 6.07) is 8.80. The van der Waals surface area contributed by atoms with E-state index in [1.165, 1.54) is 5.56 Å². The van der Waals surface area contributed by atoms with Gasteiger partial charge < -0.3 is 10.6 Å². The van der Waals surface area contributed by atoms with Crippen molar-refractivity contribution in [3.63, 3.8) is 0 Å². The van der Waals surface area contributed by atoms with Gasteiger partial charge in [0.2, 0.25) is 0 Å². The third kappa shape index (κ3) is 2.88. The average molecular weight is 335 g/mol. The van der Waals surface area contributed by atoms with Crippen LogP contribution in [-0.4, -0.2) is 29.3 Å². The molecule has 0 bridgehead atoms. The van der Waals surface area contributed by atoms with E-state index in [0.29, 0.717) is 6.04 Å². The monoisotopic (exact) mass is 334 g/mol. The molecule has 5 heteroatoms. The van der Waals surface area contributed by atoms with Crippen LogP contribution in [-0.2, 0) is 0 Å². The number of nitrogens with zero attached hydrogens (tertiary/aromatic N) is 1. The van der Waals surface area contributed by atoms with Gasteiger partial charge in [0.1, 0.15) is 0 Å². The molecular weight excluding hydrogens is 316 g/mol. The Balaban J connectivity index is 1.81. The van der Waals surface area contributed by atoms with Crippen molar-refractivity contribution in [1.29, 1.82) is 0 Å². The van der Waals surface area contributed by atoms with Gasteiger partial charge in [0.25, 0.3) is 0 Å². The van der Waals surface area contributed by atoms with Gasteiger partial charge in [-0.2, -0.15) is 5.10 Å². The van der Waals surface area contributed by atoms with Crippen molar-refractivity contribution in [1.82, 2.24) is 15.5 Å². The third-order valence-electron chi connectivity index (χ3n) is 3.80. The molecular formula is C15H19BrN4. The molecule has 2 aromatic rings. The minimum atomic E-state index is 0.522. The molecule has 0 unspecified atom stereocenters. The van der Waals surface area contributed by atoms with Gasteiger partial charge >= 0.3 is 0 Å². The second kappa shape index (κ2) is 5.97. The molecule has 3 rings (SSSR count). The van der Waals surface area contributed by atoms with Gasteiger partial charge in [0.05, 0.1) is 5.69 Å². The minimum Gasteiger partial charge on any atom is -0.366 e. The Morgan fingerprint density at radius 3 is 2.85 bits per heavy atom. The topological polar surface area (TPSA) is 52.7 Å². The Labute approximate surface area is 127 Å². The normalized spacial score (nSPS) is 16.3. The fourth-order valence-corrected chi connectivity index (χ4v) is 3.02. The molecule has 4 nitrogen and oxygen atoms in total. The van der Waals surface area contributed by atoms with Gasteiger partial charge in [-0.15, -0.1) is 0 Å². The van der Waals surface area contributed by atoms with E-state index >= 15 is 0 Å². The van der Waals surface area contributed by atoms with Gasteiger partial charge in [-0.1, -0.05) is 28.1 Å². The number of aromatic nitrogens is 2. The van der Waals surface area contributed by atoms with Crippen LogP contribution >= 0.6 is 15.9 Å². The molecule has 1 aromatic carbocycles. The number of rotatable bonds is 3. The fourth-order valence-electron chi connectivity index (χ4n) is 2.62. The van der Waals surface area contributed by atoms with Crippen molar-refractivity contribution in [3.05, 3.63) is 34.3 Å². The van der Waals surface area contributed by atoms with Gasteiger partial charge in [0.15, 0.2) is 5.82 Å². The number of piperidine rings is 1. The molecule has 0 amide bonds. The number of H-pyrrole nitrogens is 1. The first-order valence-electron chi connectivity index (χ1n) is 7.02. The van der Waals surface area contributed by atoms with Gasteiger partial charge in [-0.3, -0.25) is 5.10 Å². The maximum absolute atomic E-state index is 4.44. The van der Waals surface area contributed by atoms with E-state index in [-0.39, 0.29) is 0 Å². The molecule has 20 heavy (non-hydrogen) atoms. The fraction of sp³-hybridized carbons (Fsp3) is 0.400. The standard InChI is InChI=1S/C15H19BrN4/c1-10-14(11-3-2-4-12(16)9-11)19-20-15(10)18-13-5-7-17-8-6-13/h2-4,9,13,17H,5-8H2,1H3,(H2,18,19,20). The average Bonchev–Trinajstić information content (AvgIpc) is 2.81. The van der Waals surface area contributed by atoms with E-state index in [4.69, 9.17) is 0 Å². The quantitative estimate of drug-likeness (QED) is 0.807. The van der Waals surface area contributed by atoms with Crippen LogP contribution in [0.2, 0.25) is 0 Å². The van der Waals surface area contributed by atoms with Crippen molar-refractivity contribution in [2.24, 2.45) is 0 Å². The first-order chi connectivity index (χ1) is 9.74. The highest BCUT2D eigenvalue weighted by Gasteiger charge is 2.17. The molecule has 106 valence electrons. The number of anilines is 1. The van der Waals surface area contributed by atoms with Crippen LogP contribution in [0.25, 0.3) is 11.3 Å². The molecule has 0 saturated carbocycles. The highest BCUT2D eigenvalue weighted by atomic mass is 79.9. The number of hydrogen-bond acceptors (Lipinski definition) is 3. The Kier molecular flexibility index (Phi) is 4.08. The Morgan fingerprint density at radius 1 is 1.30 bits per heavy atom. The van der Waals surface area contributed by atoms with E-state index in [1.54, 1.807) is 0 Å². The van der Waals surface area contributed by atoms with Crippen LogP contribution < -0.4 is 10.6 Å². The molecule has 1 saturated heterocycles. The van der Waals surface area contributed by atoms with Crippen LogP contribution in [0, 0.1) is 6.92 Å². The first kappa shape index (κ1) is 13.6. The number of halogens is 1. The summed E-state index contributed by atoms with van der Waals surface area (Å²) >= 11 is 3.51. The van der Waals surface area contributed by atoms with Crippen molar-refractivity contribution in [2.45, 2.75) is 25.8 Å². The zero-order valence-corrected chi connectivity index (χ0v) is 13.1. The summed E-state index contributed by atoms with van der Waals surface area (Å²) in [6.45, 7) is 4.28. The summed E-state index contributed by atoms with van der Waals surface area (Å²) in [6.07, 6.45) is 2.30. The lowest BCUT2D eigenvalue weighted by atomic mass is 10.1. The zero-order valence-electron chi connectivity index (χ0n) is 11.5. The number of aromatic amines is 1. The molecule has 3 N–H and O–H groups in total. The third-order valence-corrected chi connectivity index (χ3v) is 4.30. The second-order valence-electron chi connectivity index (χ2n) is 5.25. The molecule has 1 aliphatic heterocycles. The summed E-state index contributed by atoms with van der Waals surface area (Å²) in [5.41, 5.74) is 3.42. The van der Waals surface area contributed by atoms with Crippen LogP contribution in [0.4, 0.5) is 5.82 Å².